The second-order valence-corrected chi connectivity index (χ2v) is 3.90. The molecule has 0 spiro atoms. The predicted octanol–water partition coefficient (Wildman–Crippen LogP) is 0.392. The van der Waals surface area contributed by atoms with Gasteiger partial charge in [-0.25, -0.2) is 0 Å². The molecular formula is C11H15N5O. The number of rotatable bonds is 3. The predicted molar refractivity (Wildman–Crippen MR) is 62.3 cm³/mol. The van der Waals surface area contributed by atoms with Crippen LogP contribution in [0.1, 0.15) is 21.7 Å². The van der Waals surface area contributed by atoms with Crippen molar-refractivity contribution in [2.75, 3.05) is 0 Å². The zero-order valence-corrected chi connectivity index (χ0v) is 10.1. The van der Waals surface area contributed by atoms with E-state index in [1.807, 2.05) is 14.0 Å². The Morgan fingerprint density at radius 2 is 2.12 bits per heavy atom. The molecule has 90 valence electrons. The highest BCUT2D eigenvalue weighted by molar-refractivity contribution is 5.92. The summed E-state index contributed by atoms with van der Waals surface area (Å²) < 4.78 is 3.33. The number of amides is 1. The molecule has 0 radical (unpaired) electrons. The maximum atomic E-state index is 11.8. The highest BCUT2D eigenvalue weighted by Gasteiger charge is 2.10. The molecule has 2 aromatic heterocycles. The third-order valence-electron chi connectivity index (χ3n) is 2.83. The van der Waals surface area contributed by atoms with Crippen molar-refractivity contribution in [1.82, 2.24) is 24.9 Å². The Bertz CT molecular complexity index is 540. The van der Waals surface area contributed by atoms with Crippen molar-refractivity contribution in [1.29, 1.82) is 0 Å². The molecule has 17 heavy (non-hydrogen) atoms. The van der Waals surface area contributed by atoms with Crippen molar-refractivity contribution in [3.63, 3.8) is 0 Å². The van der Waals surface area contributed by atoms with Crippen LogP contribution in [0.4, 0.5) is 0 Å². The molecule has 0 atom stereocenters. The van der Waals surface area contributed by atoms with E-state index in [9.17, 15) is 4.79 Å². The zero-order chi connectivity index (χ0) is 12.4. The Balaban J connectivity index is 2.02. The fourth-order valence-electron chi connectivity index (χ4n) is 1.58. The van der Waals surface area contributed by atoms with Gasteiger partial charge >= 0.3 is 0 Å². The molecular weight excluding hydrogens is 218 g/mol. The molecule has 2 heterocycles. The average Bonchev–Trinajstić information content (AvgIpc) is 2.85. The number of carbonyl (C=O) groups is 1. The fourth-order valence-corrected chi connectivity index (χ4v) is 1.58. The monoisotopic (exact) mass is 233 g/mol. The van der Waals surface area contributed by atoms with Gasteiger partial charge in [-0.2, -0.15) is 10.2 Å². The summed E-state index contributed by atoms with van der Waals surface area (Å²) in [6.45, 7) is 2.45. The molecule has 0 aromatic carbocycles. The lowest BCUT2D eigenvalue weighted by atomic mass is 10.2. The van der Waals surface area contributed by atoms with Gasteiger partial charge in [-0.1, -0.05) is 0 Å². The molecule has 0 fully saturated rings. The molecule has 6 nitrogen and oxygen atoms in total. The molecule has 0 bridgehead atoms. The first-order valence-corrected chi connectivity index (χ1v) is 5.33. The largest absolute Gasteiger partial charge is 0.347 e. The number of carbonyl (C=O) groups excluding carboxylic acids is 1. The Morgan fingerprint density at radius 1 is 1.35 bits per heavy atom. The molecule has 0 saturated carbocycles. The smallest absolute Gasteiger partial charge is 0.269 e. The van der Waals surface area contributed by atoms with Gasteiger partial charge in [-0.15, -0.1) is 0 Å². The maximum absolute atomic E-state index is 11.8. The minimum atomic E-state index is -0.131. The maximum Gasteiger partial charge on any atom is 0.269 e. The molecule has 1 amide bonds. The number of nitrogens with zero attached hydrogens (tertiary/aromatic N) is 4. The Hall–Kier alpha value is -2.11. The molecule has 0 unspecified atom stereocenters. The SMILES string of the molecule is Cc1c(CNC(=O)c2ccnn2C)cnn1C. The van der Waals surface area contributed by atoms with Gasteiger partial charge in [-0.05, 0) is 13.0 Å². The van der Waals surface area contributed by atoms with Gasteiger partial charge in [0.05, 0.1) is 6.20 Å². The summed E-state index contributed by atoms with van der Waals surface area (Å²) in [7, 11) is 3.62. The minimum absolute atomic E-state index is 0.131. The van der Waals surface area contributed by atoms with E-state index in [2.05, 4.69) is 15.5 Å². The van der Waals surface area contributed by atoms with Crippen LogP contribution in [0.25, 0.3) is 0 Å². The van der Waals surface area contributed by atoms with Crippen molar-refractivity contribution in [3.05, 3.63) is 35.4 Å². The van der Waals surface area contributed by atoms with E-state index in [0.29, 0.717) is 12.2 Å². The molecule has 6 heteroatoms. The van der Waals surface area contributed by atoms with E-state index in [-0.39, 0.29) is 5.91 Å². The second-order valence-electron chi connectivity index (χ2n) is 3.90. The highest BCUT2D eigenvalue weighted by atomic mass is 16.2. The first kappa shape index (κ1) is 11.4. The summed E-state index contributed by atoms with van der Waals surface area (Å²) in [6, 6.07) is 1.69. The molecule has 0 aliphatic heterocycles. The Kier molecular flexibility index (Phi) is 2.95. The van der Waals surface area contributed by atoms with Gasteiger partial charge in [0.25, 0.3) is 5.91 Å². The van der Waals surface area contributed by atoms with E-state index < -0.39 is 0 Å². The summed E-state index contributed by atoms with van der Waals surface area (Å²) in [4.78, 5) is 11.8. The minimum Gasteiger partial charge on any atom is -0.347 e. The molecule has 0 aliphatic rings. The fraction of sp³-hybridized carbons (Fsp3) is 0.364. The Labute approximate surface area is 99.2 Å². The Morgan fingerprint density at radius 3 is 2.65 bits per heavy atom. The number of hydrogen-bond donors (Lipinski definition) is 1. The zero-order valence-electron chi connectivity index (χ0n) is 10.1. The van der Waals surface area contributed by atoms with Crippen molar-refractivity contribution in [2.24, 2.45) is 14.1 Å². The van der Waals surface area contributed by atoms with Crippen LogP contribution in [-0.4, -0.2) is 25.5 Å². The number of aromatic nitrogens is 4. The van der Waals surface area contributed by atoms with Crippen LogP contribution in [0.5, 0.6) is 0 Å². The van der Waals surface area contributed by atoms with E-state index >= 15 is 0 Å². The molecule has 1 N–H and O–H groups in total. The van der Waals surface area contributed by atoms with Crippen LogP contribution < -0.4 is 5.32 Å². The van der Waals surface area contributed by atoms with Gasteiger partial charge in [0.15, 0.2) is 0 Å². The molecule has 0 saturated heterocycles. The van der Waals surface area contributed by atoms with E-state index in [4.69, 9.17) is 0 Å². The van der Waals surface area contributed by atoms with Crippen LogP contribution in [0, 0.1) is 6.92 Å². The molecule has 2 aromatic rings. The lowest BCUT2D eigenvalue weighted by Gasteiger charge is -2.05. The first-order chi connectivity index (χ1) is 8.09. The first-order valence-electron chi connectivity index (χ1n) is 5.33. The van der Waals surface area contributed by atoms with Gasteiger partial charge < -0.3 is 5.32 Å². The van der Waals surface area contributed by atoms with Crippen LogP contribution in [0.15, 0.2) is 18.5 Å². The number of aryl methyl sites for hydroxylation is 2. The molecule has 0 aliphatic carbocycles. The van der Waals surface area contributed by atoms with Crippen molar-refractivity contribution >= 4 is 5.91 Å². The van der Waals surface area contributed by atoms with Crippen LogP contribution in [0.2, 0.25) is 0 Å². The summed E-state index contributed by atoms with van der Waals surface area (Å²) in [5, 5.41) is 10.9. The summed E-state index contributed by atoms with van der Waals surface area (Å²) >= 11 is 0. The lowest BCUT2D eigenvalue weighted by molar-refractivity contribution is 0.0941. The van der Waals surface area contributed by atoms with Crippen LogP contribution in [-0.2, 0) is 20.6 Å². The van der Waals surface area contributed by atoms with Gasteiger partial charge in [0.1, 0.15) is 5.69 Å². The standard InChI is InChI=1S/C11H15N5O/c1-8-9(7-14-15(8)2)6-12-11(17)10-4-5-13-16(10)3/h4-5,7H,6H2,1-3H3,(H,12,17). The number of nitrogens with one attached hydrogen (secondary N) is 1. The van der Waals surface area contributed by atoms with Gasteiger partial charge in [0, 0.05) is 38.1 Å². The van der Waals surface area contributed by atoms with Crippen LogP contribution in [0.3, 0.4) is 0 Å². The van der Waals surface area contributed by atoms with Crippen molar-refractivity contribution in [3.8, 4) is 0 Å². The third-order valence-corrected chi connectivity index (χ3v) is 2.83. The van der Waals surface area contributed by atoms with Crippen LogP contribution >= 0.6 is 0 Å². The van der Waals surface area contributed by atoms with E-state index in [1.165, 1.54) is 0 Å². The van der Waals surface area contributed by atoms with Gasteiger partial charge in [0.2, 0.25) is 0 Å². The third kappa shape index (κ3) is 2.20. The quantitative estimate of drug-likeness (QED) is 0.834. The van der Waals surface area contributed by atoms with Crippen molar-refractivity contribution in [2.45, 2.75) is 13.5 Å². The topological polar surface area (TPSA) is 64.7 Å². The van der Waals surface area contributed by atoms with Gasteiger partial charge in [-0.3, -0.25) is 14.2 Å². The summed E-state index contributed by atoms with van der Waals surface area (Å²) in [5.41, 5.74) is 2.62. The van der Waals surface area contributed by atoms with E-state index in [0.717, 1.165) is 11.3 Å². The average molecular weight is 233 g/mol. The lowest BCUT2D eigenvalue weighted by Crippen LogP contribution is -2.25. The highest BCUT2D eigenvalue weighted by Crippen LogP contribution is 2.05. The normalized spacial score (nSPS) is 10.5. The van der Waals surface area contributed by atoms with Crippen molar-refractivity contribution < 1.29 is 4.79 Å². The summed E-state index contributed by atoms with van der Waals surface area (Å²) in [6.07, 6.45) is 3.36. The second kappa shape index (κ2) is 4.40. The molecule has 2 rings (SSSR count). The van der Waals surface area contributed by atoms with E-state index in [1.54, 1.807) is 34.9 Å². The summed E-state index contributed by atoms with van der Waals surface area (Å²) in [5.74, 6) is -0.131. The number of hydrogen-bond acceptors (Lipinski definition) is 3.